The minimum absolute atomic E-state index is 0.686. The van der Waals surface area contributed by atoms with Crippen LogP contribution >= 0.6 is 0 Å². The van der Waals surface area contributed by atoms with Crippen molar-refractivity contribution in [1.82, 2.24) is 25.3 Å². The first-order valence-corrected chi connectivity index (χ1v) is 9.04. The van der Waals surface area contributed by atoms with Crippen molar-refractivity contribution in [2.45, 2.75) is 19.6 Å². The lowest BCUT2D eigenvalue weighted by molar-refractivity contribution is 0.0341. The monoisotopic (exact) mass is 356 g/mol. The van der Waals surface area contributed by atoms with Crippen LogP contribution in [0.1, 0.15) is 16.8 Å². The number of aryl methyl sites for hydroxylation is 1. The van der Waals surface area contributed by atoms with Crippen LogP contribution in [0.4, 0.5) is 0 Å². The predicted octanol–water partition coefficient (Wildman–Crippen LogP) is 1.12. The van der Waals surface area contributed by atoms with Crippen LogP contribution in [0.15, 0.2) is 41.5 Å². The molecular weight excluding hydrogens is 328 g/mol. The van der Waals surface area contributed by atoms with E-state index in [0.29, 0.717) is 6.54 Å². The largest absolute Gasteiger partial charge is 0.379 e. The fourth-order valence-electron chi connectivity index (χ4n) is 3.03. The highest BCUT2D eigenvalue weighted by molar-refractivity contribution is 5.79. The summed E-state index contributed by atoms with van der Waals surface area (Å²) in [5.41, 5.74) is 3.76. The highest BCUT2D eigenvalue weighted by atomic mass is 16.5. The minimum Gasteiger partial charge on any atom is -0.379 e. The van der Waals surface area contributed by atoms with Crippen molar-refractivity contribution in [1.29, 1.82) is 0 Å². The number of aromatic nitrogens is 2. The third kappa shape index (κ3) is 5.06. The molecule has 2 N–H and O–H groups in total. The smallest absolute Gasteiger partial charge is 0.191 e. The molecule has 0 atom stereocenters. The Morgan fingerprint density at radius 1 is 1.12 bits per heavy atom. The van der Waals surface area contributed by atoms with Gasteiger partial charge in [0.25, 0.3) is 0 Å². The lowest BCUT2D eigenvalue weighted by Crippen LogP contribution is -2.38. The summed E-state index contributed by atoms with van der Waals surface area (Å²) in [5.74, 6) is 0.785. The molecule has 0 saturated carbocycles. The number of morpholine rings is 1. The number of benzene rings is 1. The van der Waals surface area contributed by atoms with E-state index in [9.17, 15) is 0 Å². The second-order valence-corrected chi connectivity index (χ2v) is 6.38. The quantitative estimate of drug-likeness (QED) is 0.600. The Kier molecular flexibility index (Phi) is 6.62. The fourth-order valence-corrected chi connectivity index (χ4v) is 3.03. The summed E-state index contributed by atoms with van der Waals surface area (Å²) >= 11 is 0. The average Bonchev–Trinajstić information content (AvgIpc) is 3.09. The normalized spacial score (nSPS) is 15.8. The van der Waals surface area contributed by atoms with Gasteiger partial charge in [-0.2, -0.15) is 5.10 Å². The Bertz CT molecular complexity index is 720. The molecule has 0 unspecified atom stereocenters. The van der Waals surface area contributed by atoms with Crippen LogP contribution in [0.2, 0.25) is 0 Å². The van der Waals surface area contributed by atoms with E-state index in [-0.39, 0.29) is 0 Å². The van der Waals surface area contributed by atoms with E-state index in [1.807, 2.05) is 17.8 Å². The van der Waals surface area contributed by atoms with Crippen LogP contribution in [0.3, 0.4) is 0 Å². The van der Waals surface area contributed by atoms with E-state index >= 15 is 0 Å². The number of hydrogen-bond donors (Lipinski definition) is 2. The Labute approximate surface area is 155 Å². The Morgan fingerprint density at radius 2 is 1.85 bits per heavy atom. The number of ether oxygens (including phenoxy) is 1. The van der Waals surface area contributed by atoms with Gasteiger partial charge in [0.2, 0.25) is 0 Å². The maximum Gasteiger partial charge on any atom is 0.191 e. The Morgan fingerprint density at radius 3 is 2.54 bits per heavy atom. The van der Waals surface area contributed by atoms with Gasteiger partial charge in [-0.05, 0) is 17.2 Å². The number of nitrogens with zero attached hydrogens (tertiary/aromatic N) is 4. The van der Waals surface area contributed by atoms with Gasteiger partial charge in [0.15, 0.2) is 5.96 Å². The molecule has 1 aromatic carbocycles. The summed E-state index contributed by atoms with van der Waals surface area (Å²) < 4.78 is 7.30. The highest BCUT2D eigenvalue weighted by Gasteiger charge is 2.12. The highest BCUT2D eigenvalue weighted by Crippen LogP contribution is 2.13. The summed E-state index contributed by atoms with van der Waals surface area (Å²) in [6, 6.07) is 10.6. The third-order valence-electron chi connectivity index (χ3n) is 4.65. The van der Waals surface area contributed by atoms with Crippen molar-refractivity contribution >= 4 is 5.96 Å². The van der Waals surface area contributed by atoms with Gasteiger partial charge in [-0.3, -0.25) is 14.6 Å². The molecular formula is C19H28N6O. The molecule has 2 aromatic rings. The van der Waals surface area contributed by atoms with Gasteiger partial charge in [-0.25, -0.2) is 0 Å². The topological polar surface area (TPSA) is 66.7 Å². The first kappa shape index (κ1) is 18.4. The zero-order chi connectivity index (χ0) is 18.2. The maximum atomic E-state index is 5.44. The van der Waals surface area contributed by atoms with E-state index in [4.69, 9.17) is 4.74 Å². The van der Waals surface area contributed by atoms with Crippen molar-refractivity contribution in [2.75, 3.05) is 33.4 Å². The van der Waals surface area contributed by atoms with Crippen molar-refractivity contribution in [3.05, 3.63) is 53.3 Å². The van der Waals surface area contributed by atoms with Gasteiger partial charge in [-0.15, -0.1) is 0 Å². The molecule has 0 bridgehead atoms. The second-order valence-electron chi connectivity index (χ2n) is 6.38. The Balaban J connectivity index is 1.55. The molecule has 1 saturated heterocycles. The number of aliphatic imine (C=N–C) groups is 1. The SMILES string of the molecule is CN=C(NCc1ccccc1CN1CCOCC1)NCc1ccnn1C. The lowest BCUT2D eigenvalue weighted by Gasteiger charge is -2.27. The molecule has 1 fully saturated rings. The van der Waals surface area contributed by atoms with Crippen molar-refractivity contribution in [2.24, 2.45) is 12.0 Å². The van der Waals surface area contributed by atoms with Crippen molar-refractivity contribution < 1.29 is 4.74 Å². The summed E-state index contributed by atoms with van der Waals surface area (Å²) in [4.78, 5) is 6.76. The molecule has 7 heteroatoms. The van der Waals surface area contributed by atoms with Crippen LogP contribution in [0, 0.1) is 0 Å². The van der Waals surface area contributed by atoms with E-state index < -0.39 is 0 Å². The first-order chi connectivity index (χ1) is 12.8. The molecule has 1 aliphatic rings. The third-order valence-corrected chi connectivity index (χ3v) is 4.65. The van der Waals surface area contributed by atoms with E-state index in [1.54, 1.807) is 13.2 Å². The van der Waals surface area contributed by atoms with Gasteiger partial charge in [0.05, 0.1) is 25.5 Å². The molecule has 0 radical (unpaired) electrons. The summed E-state index contributed by atoms with van der Waals surface area (Å²) in [6.07, 6.45) is 1.80. The van der Waals surface area contributed by atoms with Crippen LogP contribution in [-0.4, -0.2) is 54.0 Å². The van der Waals surface area contributed by atoms with Crippen LogP contribution < -0.4 is 10.6 Å². The van der Waals surface area contributed by atoms with E-state index in [2.05, 4.69) is 49.9 Å². The molecule has 0 spiro atoms. The molecule has 7 nitrogen and oxygen atoms in total. The van der Waals surface area contributed by atoms with Crippen LogP contribution in [-0.2, 0) is 31.4 Å². The van der Waals surface area contributed by atoms with E-state index in [0.717, 1.165) is 51.0 Å². The van der Waals surface area contributed by atoms with Gasteiger partial charge in [0, 0.05) is 46.5 Å². The summed E-state index contributed by atoms with van der Waals surface area (Å²) in [6.45, 7) is 6.03. The van der Waals surface area contributed by atoms with Crippen molar-refractivity contribution in [3.8, 4) is 0 Å². The molecule has 1 aliphatic heterocycles. The molecule has 1 aromatic heterocycles. The van der Waals surface area contributed by atoms with Crippen molar-refractivity contribution in [3.63, 3.8) is 0 Å². The standard InChI is InChI=1S/C19H28N6O/c1-20-19(22-14-18-7-8-23-24(18)2)21-13-16-5-3-4-6-17(16)15-25-9-11-26-12-10-25/h3-8H,9-15H2,1-2H3,(H2,20,21,22). The number of nitrogens with one attached hydrogen (secondary N) is 2. The van der Waals surface area contributed by atoms with Gasteiger partial charge >= 0.3 is 0 Å². The molecule has 26 heavy (non-hydrogen) atoms. The minimum atomic E-state index is 0.686. The Hall–Kier alpha value is -2.38. The molecule has 2 heterocycles. The van der Waals surface area contributed by atoms with Gasteiger partial charge in [-0.1, -0.05) is 24.3 Å². The zero-order valence-corrected chi connectivity index (χ0v) is 15.6. The van der Waals surface area contributed by atoms with Crippen LogP contribution in [0.25, 0.3) is 0 Å². The van der Waals surface area contributed by atoms with Gasteiger partial charge in [0.1, 0.15) is 0 Å². The number of rotatable bonds is 6. The van der Waals surface area contributed by atoms with E-state index in [1.165, 1.54) is 11.1 Å². The maximum absolute atomic E-state index is 5.44. The predicted molar refractivity (Wildman–Crippen MR) is 103 cm³/mol. The summed E-state index contributed by atoms with van der Waals surface area (Å²) in [5, 5.41) is 10.9. The fraction of sp³-hybridized carbons (Fsp3) is 0.474. The zero-order valence-electron chi connectivity index (χ0n) is 15.6. The van der Waals surface area contributed by atoms with Crippen LogP contribution in [0.5, 0.6) is 0 Å². The molecule has 0 amide bonds. The second kappa shape index (κ2) is 9.35. The summed E-state index contributed by atoms with van der Waals surface area (Å²) in [7, 11) is 3.73. The number of hydrogen-bond acceptors (Lipinski definition) is 4. The first-order valence-electron chi connectivity index (χ1n) is 9.04. The molecule has 140 valence electrons. The average molecular weight is 356 g/mol. The lowest BCUT2D eigenvalue weighted by atomic mass is 10.1. The molecule has 0 aliphatic carbocycles. The van der Waals surface area contributed by atoms with Gasteiger partial charge < -0.3 is 15.4 Å². The number of guanidine groups is 1. The molecule has 3 rings (SSSR count).